The highest BCUT2D eigenvalue weighted by molar-refractivity contribution is 6.30. The van der Waals surface area contributed by atoms with Crippen molar-refractivity contribution in [1.82, 2.24) is 10.2 Å². The summed E-state index contributed by atoms with van der Waals surface area (Å²) in [7, 11) is 0. The smallest absolute Gasteiger partial charge is 0.248 e. The number of nitrogens with zero attached hydrogens (tertiary/aromatic N) is 1. The first kappa shape index (κ1) is 14.8. The van der Waals surface area contributed by atoms with Crippen LogP contribution in [-0.4, -0.2) is 28.8 Å². The molecule has 0 aliphatic carbocycles. The summed E-state index contributed by atoms with van der Waals surface area (Å²) in [5.74, 6) is -0.830. The van der Waals surface area contributed by atoms with E-state index in [-0.39, 0.29) is 31.3 Å². The Hall–Kier alpha value is -1.62. The molecule has 1 heterocycles. The summed E-state index contributed by atoms with van der Waals surface area (Å²) in [5.41, 5.74) is -0.640. The van der Waals surface area contributed by atoms with Gasteiger partial charge in [0.15, 0.2) is 0 Å². The summed E-state index contributed by atoms with van der Waals surface area (Å²) in [6, 6.07) is 4.23. The Bertz CT molecular complexity index is 560. The molecule has 108 valence electrons. The molecule has 2 amide bonds. The largest absolute Gasteiger partial charge is 0.342 e. The van der Waals surface area contributed by atoms with E-state index in [9.17, 15) is 14.0 Å². The third kappa shape index (κ3) is 3.10. The van der Waals surface area contributed by atoms with Crippen LogP contribution in [0.25, 0.3) is 0 Å². The van der Waals surface area contributed by atoms with E-state index >= 15 is 0 Å². The summed E-state index contributed by atoms with van der Waals surface area (Å²) in [5, 5.41) is 3.07. The van der Waals surface area contributed by atoms with Gasteiger partial charge in [0.2, 0.25) is 11.8 Å². The fourth-order valence-electron chi connectivity index (χ4n) is 2.22. The average molecular weight is 299 g/mol. The van der Waals surface area contributed by atoms with Gasteiger partial charge in [-0.3, -0.25) is 9.59 Å². The van der Waals surface area contributed by atoms with Crippen LogP contribution in [0.4, 0.5) is 4.39 Å². The predicted molar refractivity (Wildman–Crippen MR) is 73.7 cm³/mol. The van der Waals surface area contributed by atoms with Crippen molar-refractivity contribution in [3.8, 4) is 0 Å². The standard InChI is InChI=1S/C14H16ClFN2O2/c1-14(2)13(20)18(6-5-12(19)17-14)8-9-7-10(15)3-4-11(9)16/h3-4,7H,5-6,8H2,1-2H3,(H,17,19). The summed E-state index contributed by atoms with van der Waals surface area (Å²) < 4.78 is 13.7. The first-order valence-electron chi connectivity index (χ1n) is 6.34. The molecule has 0 spiro atoms. The zero-order valence-corrected chi connectivity index (χ0v) is 12.1. The number of rotatable bonds is 2. The Morgan fingerprint density at radius 3 is 2.80 bits per heavy atom. The van der Waals surface area contributed by atoms with Crippen LogP contribution in [0.2, 0.25) is 5.02 Å². The molecule has 1 aromatic rings. The predicted octanol–water partition coefficient (Wildman–Crippen LogP) is 2.11. The van der Waals surface area contributed by atoms with E-state index in [1.165, 1.54) is 23.1 Å². The minimum absolute atomic E-state index is 0.101. The second-order valence-electron chi connectivity index (χ2n) is 5.39. The molecule has 1 N–H and O–H groups in total. The molecule has 1 saturated heterocycles. The highest BCUT2D eigenvalue weighted by Crippen LogP contribution is 2.20. The summed E-state index contributed by atoms with van der Waals surface area (Å²) >= 11 is 5.85. The van der Waals surface area contributed by atoms with Crippen molar-refractivity contribution < 1.29 is 14.0 Å². The van der Waals surface area contributed by atoms with E-state index in [4.69, 9.17) is 11.6 Å². The summed E-state index contributed by atoms with van der Waals surface area (Å²) in [6.07, 6.45) is 0.206. The highest BCUT2D eigenvalue weighted by Gasteiger charge is 2.36. The third-order valence-electron chi connectivity index (χ3n) is 3.25. The molecular formula is C14H16ClFN2O2. The molecular weight excluding hydrogens is 283 g/mol. The number of hydrogen-bond donors (Lipinski definition) is 1. The molecule has 4 nitrogen and oxygen atoms in total. The molecule has 6 heteroatoms. The van der Waals surface area contributed by atoms with E-state index in [0.717, 1.165) is 0 Å². The molecule has 1 aliphatic heterocycles. The zero-order chi connectivity index (χ0) is 14.9. The molecule has 0 bridgehead atoms. The molecule has 2 rings (SSSR count). The summed E-state index contributed by atoms with van der Waals surface area (Å²) in [4.78, 5) is 25.4. The Balaban J connectivity index is 2.25. The number of benzene rings is 1. The second kappa shape index (κ2) is 5.40. The lowest BCUT2D eigenvalue weighted by atomic mass is 10.0. The quantitative estimate of drug-likeness (QED) is 0.909. The van der Waals surface area contributed by atoms with Gasteiger partial charge in [0.05, 0.1) is 0 Å². The minimum Gasteiger partial charge on any atom is -0.342 e. The van der Waals surface area contributed by atoms with Crippen molar-refractivity contribution in [1.29, 1.82) is 0 Å². The minimum atomic E-state index is -0.983. The first-order valence-corrected chi connectivity index (χ1v) is 6.72. The number of nitrogens with one attached hydrogen (secondary N) is 1. The van der Waals surface area contributed by atoms with Crippen molar-refractivity contribution in [3.05, 3.63) is 34.6 Å². The van der Waals surface area contributed by atoms with E-state index in [1.54, 1.807) is 13.8 Å². The van der Waals surface area contributed by atoms with Crippen LogP contribution in [-0.2, 0) is 16.1 Å². The number of carbonyl (C=O) groups is 2. The van der Waals surface area contributed by atoms with Crippen LogP contribution in [0.1, 0.15) is 25.8 Å². The van der Waals surface area contributed by atoms with E-state index in [1.807, 2.05) is 0 Å². The Labute approximate surface area is 121 Å². The SMILES string of the molecule is CC1(C)NC(=O)CCN(Cc2cc(Cl)ccc2F)C1=O. The van der Waals surface area contributed by atoms with Gasteiger partial charge in [-0.15, -0.1) is 0 Å². The molecule has 1 aromatic carbocycles. The van der Waals surface area contributed by atoms with Gasteiger partial charge in [-0.05, 0) is 32.0 Å². The maximum Gasteiger partial charge on any atom is 0.248 e. The molecule has 0 aromatic heterocycles. The van der Waals surface area contributed by atoms with Crippen molar-refractivity contribution in [2.45, 2.75) is 32.4 Å². The van der Waals surface area contributed by atoms with Gasteiger partial charge in [0, 0.05) is 30.1 Å². The summed E-state index contributed by atoms with van der Waals surface area (Å²) in [6.45, 7) is 3.64. The second-order valence-corrected chi connectivity index (χ2v) is 5.82. The lowest BCUT2D eigenvalue weighted by Gasteiger charge is -2.29. The van der Waals surface area contributed by atoms with Gasteiger partial charge in [-0.1, -0.05) is 11.6 Å². The topological polar surface area (TPSA) is 49.4 Å². The van der Waals surface area contributed by atoms with Gasteiger partial charge in [0.25, 0.3) is 0 Å². The van der Waals surface area contributed by atoms with Crippen molar-refractivity contribution in [2.75, 3.05) is 6.54 Å². The van der Waals surface area contributed by atoms with Gasteiger partial charge < -0.3 is 10.2 Å². The molecule has 1 aliphatic rings. The molecule has 0 unspecified atom stereocenters. The van der Waals surface area contributed by atoms with Gasteiger partial charge in [-0.2, -0.15) is 0 Å². The van der Waals surface area contributed by atoms with Gasteiger partial charge in [-0.25, -0.2) is 4.39 Å². The van der Waals surface area contributed by atoms with Crippen molar-refractivity contribution >= 4 is 23.4 Å². The maximum atomic E-state index is 13.7. The van der Waals surface area contributed by atoms with Crippen LogP contribution in [0.3, 0.4) is 0 Å². The van der Waals surface area contributed by atoms with Gasteiger partial charge >= 0.3 is 0 Å². The monoisotopic (exact) mass is 298 g/mol. The number of amides is 2. The maximum absolute atomic E-state index is 13.7. The van der Waals surface area contributed by atoms with Crippen molar-refractivity contribution in [2.24, 2.45) is 0 Å². The van der Waals surface area contributed by atoms with E-state index < -0.39 is 11.4 Å². The van der Waals surface area contributed by atoms with Crippen LogP contribution >= 0.6 is 11.6 Å². The highest BCUT2D eigenvalue weighted by atomic mass is 35.5. The number of halogens is 2. The van der Waals surface area contributed by atoms with E-state index in [2.05, 4.69) is 5.32 Å². The van der Waals surface area contributed by atoms with Crippen molar-refractivity contribution in [3.63, 3.8) is 0 Å². The fourth-order valence-corrected chi connectivity index (χ4v) is 2.41. The Morgan fingerprint density at radius 2 is 2.10 bits per heavy atom. The van der Waals surface area contributed by atoms with Gasteiger partial charge in [0.1, 0.15) is 11.4 Å². The fraction of sp³-hybridized carbons (Fsp3) is 0.429. The number of carbonyl (C=O) groups excluding carboxylic acids is 2. The molecule has 0 saturated carbocycles. The third-order valence-corrected chi connectivity index (χ3v) is 3.49. The van der Waals surface area contributed by atoms with Crippen LogP contribution in [0, 0.1) is 5.82 Å². The van der Waals surface area contributed by atoms with Crippen LogP contribution in [0.15, 0.2) is 18.2 Å². The normalized spacial score (nSPS) is 18.7. The first-order chi connectivity index (χ1) is 9.29. The molecule has 0 radical (unpaired) electrons. The van der Waals surface area contributed by atoms with Crippen LogP contribution in [0.5, 0.6) is 0 Å². The lowest BCUT2D eigenvalue weighted by molar-refractivity contribution is -0.137. The molecule has 1 fully saturated rings. The number of hydrogen-bond acceptors (Lipinski definition) is 2. The van der Waals surface area contributed by atoms with Crippen LogP contribution < -0.4 is 5.32 Å². The Morgan fingerprint density at radius 1 is 1.40 bits per heavy atom. The zero-order valence-electron chi connectivity index (χ0n) is 11.4. The molecule has 0 atom stereocenters. The average Bonchev–Trinajstić information content (AvgIpc) is 2.45. The molecule has 20 heavy (non-hydrogen) atoms. The lowest BCUT2D eigenvalue weighted by Crippen LogP contribution is -2.52. The van der Waals surface area contributed by atoms with E-state index in [0.29, 0.717) is 10.6 Å². The Kier molecular flexibility index (Phi) is 3.99.